The van der Waals surface area contributed by atoms with Crippen molar-refractivity contribution in [3.63, 3.8) is 0 Å². The van der Waals surface area contributed by atoms with Crippen LogP contribution in [-0.4, -0.2) is 33.6 Å². The Kier molecular flexibility index (Phi) is 4.55. The minimum Gasteiger partial charge on any atom is -0.384 e. The second kappa shape index (κ2) is 5.99. The lowest BCUT2D eigenvalue weighted by atomic mass is 10.1. The van der Waals surface area contributed by atoms with Crippen LogP contribution in [0.4, 0.5) is 11.6 Å². The maximum absolute atomic E-state index is 5.91. The SMILES string of the molecule is CCCc1nc(N)cc(N2CCSC(C)(C)CC2)n1. The molecule has 0 bridgehead atoms. The van der Waals surface area contributed by atoms with E-state index >= 15 is 0 Å². The van der Waals surface area contributed by atoms with Crippen molar-refractivity contribution in [3.05, 3.63) is 11.9 Å². The smallest absolute Gasteiger partial charge is 0.134 e. The molecule has 1 aromatic rings. The van der Waals surface area contributed by atoms with Crippen LogP contribution in [0.3, 0.4) is 0 Å². The third-order valence-electron chi connectivity index (χ3n) is 3.41. The highest BCUT2D eigenvalue weighted by Crippen LogP contribution is 2.32. The van der Waals surface area contributed by atoms with Crippen molar-refractivity contribution in [2.75, 3.05) is 29.5 Å². The molecule has 0 saturated carbocycles. The first kappa shape index (κ1) is 14.4. The summed E-state index contributed by atoms with van der Waals surface area (Å²) in [5, 5.41) is 0. The fourth-order valence-corrected chi connectivity index (χ4v) is 3.35. The zero-order valence-corrected chi connectivity index (χ0v) is 13.0. The van der Waals surface area contributed by atoms with E-state index in [1.807, 2.05) is 17.8 Å². The molecule has 1 fully saturated rings. The van der Waals surface area contributed by atoms with Crippen molar-refractivity contribution in [2.45, 2.75) is 44.8 Å². The van der Waals surface area contributed by atoms with Gasteiger partial charge in [-0.1, -0.05) is 20.8 Å². The molecule has 19 heavy (non-hydrogen) atoms. The van der Waals surface area contributed by atoms with Gasteiger partial charge in [-0.3, -0.25) is 0 Å². The molecule has 1 aromatic heterocycles. The summed E-state index contributed by atoms with van der Waals surface area (Å²) < 4.78 is 0.361. The van der Waals surface area contributed by atoms with Crippen LogP contribution in [0, 0.1) is 0 Å². The Hall–Kier alpha value is -0.970. The summed E-state index contributed by atoms with van der Waals surface area (Å²) in [4.78, 5) is 11.3. The van der Waals surface area contributed by atoms with E-state index in [1.165, 1.54) is 6.42 Å². The molecule has 2 N–H and O–H groups in total. The first-order valence-electron chi connectivity index (χ1n) is 7.02. The molecule has 0 unspecified atom stereocenters. The molecule has 0 spiro atoms. The lowest BCUT2D eigenvalue weighted by molar-refractivity contribution is 0.634. The summed E-state index contributed by atoms with van der Waals surface area (Å²) in [6.45, 7) is 8.85. The fourth-order valence-electron chi connectivity index (χ4n) is 2.25. The van der Waals surface area contributed by atoms with Crippen molar-refractivity contribution in [2.24, 2.45) is 0 Å². The monoisotopic (exact) mass is 280 g/mol. The molecule has 2 rings (SSSR count). The van der Waals surface area contributed by atoms with Gasteiger partial charge in [0.1, 0.15) is 17.5 Å². The standard InChI is InChI=1S/C14H24N4S/c1-4-5-12-16-11(15)10-13(17-12)18-7-6-14(2,3)19-9-8-18/h10H,4-9H2,1-3H3,(H2,15,16,17). The van der Waals surface area contributed by atoms with E-state index in [1.54, 1.807) is 0 Å². The molecule has 4 nitrogen and oxygen atoms in total. The molecule has 2 heterocycles. The summed E-state index contributed by atoms with van der Waals surface area (Å²) in [5.74, 6) is 3.59. The van der Waals surface area contributed by atoms with Crippen molar-refractivity contribution in [1.82, 2.24) is 9.97 Å². The van der Waals surface area contributed by atoms with Gasteiger partial charge in [0.05, 0.1) is 0 Å². The topological polar surface area (TPSA) is 55.0 Å². The third-order valence-corrected chi connectivity index (χ3v) is 4.79. The molecule has 1 aliphatic rings. The second-order valence-corrected chi connectivity index (χ2v) is 7.46. The number of aromatic nitrogens is 2. The molecule has 1 aliphatic heterocycles. The van der Waals surface area contributed by atoms with Gasteiger partial charge in [0, 0.05) is 36.1 Å². The largest absolute Gasteiger partial charge is 0.384 e. The van der Waals surface area contributed by atoms with Crippen LogP contribution in [-0.2, 0) is 6.42 Å². The van der Waals surface area contributed by atoms with Crippen LogP contribution >= 0.6 is 11.8 Å². The van der Waals surface area contributed by atoms with E-state index in [-0.39, 0.29) is 0 Å². The summed E-state index contributed by atoms with van der Waals surface area (Å²) in [6, 6.07) is 1.90. The zero-order chi connectivity index (χ0) is 13.9. The van der Waals surface area contributed by atoms with Crippen LogP contribution in [0.25, 0.3) is 0 Å². The Labute approximate surface area is 120 Å². The molecule has 0 atom stereocenters. The van der Waals surface area contributed by atoms with Gasteiger partial charge in [0.25, 0.3) is 0 Å². The number of aryl methyl sites for hydroxylation is 1. The first-order chi connectivity index (χ1) is 9.00. The summed E-state index contributed by atoms with van der Waals surface area (Å²) >= 11 is 2.04. The third kappa shape index (κ3) is 4.00. The minimum atomic E-state index is 0.361. The summed E-state index contributed by atoms with van der Waals surface area (Å²) in [6.07, 6.45) is 3.11. The average Bonchev–Trinajstić information content (AvgIpc) is 2.50. The molecule has 0 amide bonds. The zero-order valence-electron chi connectivity index (χ0n) is 12.1. The Morgan fingerprint density at radius 3 is 2.89 bits per heavy atom. The number of nitrogens with zero attached hydrogens (tertiary/aromatic N) is 3. The van der Waals surface area contributed by atoms with E-state index in [0.29, 0.717) is 10.6 Å². The number of thioether (sulfide) groups is 1. The summed E-state index contributed by atoms with van der Waals surface area (Å²) in [5.41, 5.74) is 5.91. The number of nitrogen functional groups attached to an aromatic ring is 1. The normalized spacial score (nSPS) is 19.2. The number of hydrogen-bond donors (Lipinski definition) is 1. The first-order valence-corrected chi connectivity index (χ1v) is 8.01. The van der Waals surface area contributed by atoms with E-state index < -0.39 is 0 Å². The van der Waals surface area contributed by atoms with Crippen LogP contribution in [0.2, 0.25) is 0 Å². The molecular formula is C14H24N4S. The lowest BCUT2D eigenvalue weighted by Gasteiger charge is -2.23. The van der Waals surface area contributed by atoms with Crippen LogP contribution in [0.15, 0.2) is 6.07 Å². The van der Waals surface area contributed by atoms with Crippen molar-refractivity contribution >= 4 is 23.4 Å². The van der Waals surface area contributed by atoms with E-state index in [0.717, 1.165) is 43.3 Å². The highest BCUT2D eigenvalue weighted by atomic mass is 32.2. The maximum Gasteiger partial charge on any atom is 0.134 e. The minimum absolute atomic E-state index is 0.361. The molecule has 106 valence electrons. The van der Waals surface area contributed by atoms with Gasteiger partial charge in [-0.25, -0.2) is 9.97 Å². The number of nitrogens with two attached hydrogens (primary N) is 1. The van der Waals surface area contributed by atoms with E-state index in [4.69, 9.17) is 5.73 Å². The Balaban J connectivity index is 2.16. The Bertz CT molecular complexity index is 433. The highest BCUT2D eigenvalue weighted by Gasteiger charge is 2.24. The van der Waals surface area contributed by atoms with Crippen LogP contribution in [0.5, 0.6) is 0 Å². The van der Waals surface area contributed by atoms with Crippen molar-refractivity contribution in [3.8, 4) is 0 Å². The van der Waals surface area contributed by atoms with Gasteiger partial charge in [0.15, 0.2) is 0 Å². The average molecular weight is 280 g/mol. The number of rotatable bonds is 3. The Morgan fingerprint density at radius 1 is 1.37 bits per heavy atom. The molecule has 5 heteroatoms. The predicted octanol–water partition coefficient (Wildman–Crippen LogP) is 2.73. The number of hydrogen-bond acceptors (Lipinski definition) is 5. The summed E-state index contributed by atoms with van der Waals surface area (Å²) in [7, 11) is 0. The maximum atomic E-state index is 5.91. The van der Waals surface area contributed by atoms with Crippen molar-refractivity contribution < 1.29 is 0 Å². The molecular weight excluding hydrogens is 256 g/mol. The van der Waals surface area contributed by atoms with Crippen LogP contribution in [0.1, 0.15) is 39.4 Å². The van der Waals surface area contributed by atoms with E-state index in [2.05, 4.69) is 35.6 Å². The molecule has 0 aromatic carbocycles. The fraction of sp³-hybridized carbons (Fsp3) is 0.714. The molecule has 0 radical (unpaired) electrons. The van der Waals surface area contributed by atoms with Gasteiger partial charge in [-0.2, -0.15) is 11.8 Å². The van der Waals surface area contributed by atoms with Crippen LogP contribution < -0.4 is 10.6 Å². The number of anilines is 2. The van der Waals surface area contributed by atoms with Gasteiger partial charge in [-0.05, 0) is 12.8 Å². The van der Waals surface area contributed by atoms with E-state index in [9.17, 15) is 0 Å². The van der Waals surface area contributed by atoms with Gasteiger partial charge in [0.2, 0.25) is 0 Å². The van der Waals surface area contributed by atoms with Gasteiger partial charge >= 0.3 is 0 Å². The van der Waals surface area contributed by atoms with Gasteiger partial charge in [-0.15, -0.1) is 0 Å². The van der Waals surface area contributed by atoms with Crippen molar-refractivity contribution in [1.29, 1.82) is 0 Å². The highest BCUT2D eigenvalue weighted by molar-refractivity contribution is 8.00. The second-order valence-electron chi connectivity index (χ2n) is 5.66. The van der Waals surface area contributed by atoms with Gasteiger partial charge < -0.3 is 10.6 Å². The molecule has 0 aliphatic carbocycles. The Morgan fingerprint density at radius 2 is 2.16 bits per heavy atom. The lowest BCUT2D eigenvalue weighted by Crippen LogP contribution is -2.28. The quantitative estimate of drug-likeness (QED) is 0.922. The molecule has 1 saturated heterocycles. The predicted molar refractivity (Wildman–Crippen MR) is 83.8 cm³/mol.